The summed E-state index contributed by atoms with van der Waals surface area (Å²) in [5.74, 6) is 0.817. The van der Waals surface area contributed by atoms with Gasteiger partial charge >= 0.3 is 0 Å². The summed E-state index contributed by atoms with van der Waals surface area (Å²) in [6.45, 7) is 2.21. The molecule has 2 aliphatic heterocycles. The van der Waals surface area contributed by atoms with Crippen molar-refractivity contribution in [3.63, 3.8) is 0 Å². The first-order chi connectivity index (χ1) is 8.69. The van der Waals surface area contributed by atoms with Crippen LogP contribution in [-0.4, -0.2) is 31.1 Å². The third kappa shape index (κ3) is 2.13. The van der Waals surface area contributed by atoms with Gasteiger partial charge in [0.2, 0.25) is 0 Å². The summed E-state index contributed by atoms with van der Waals surface area (Å²) >= 11 is 1.88. The van der Waals surface area contributed by atoms with Crippen LogP contribution in [0.25, 0.3) is 0 Å². The van der Waals surface area contributed by atoms with Gasteiger partial charge in [-0.3, -0.25) is 0 Å². The van der Waals surface area contributed by atoms with E-state index >= 15 is 0 Å². The van der Waals surface area contributed by atoms with Gasteiger partial charge in [0.05, 0.1) is 0 Å². The van der Waals surface area contributed by atoms with Gasteiger partial charge in [0, 0.05) is 23.0 Å². The Balaban J connectivity index is 1.77. The largest absolute Gasteiger partial charge is 0.313 e. The minimum Gasteiger partial charge on any atom is -0.313 e. The predicted octanol–water partition coefficient (Wildman–Crippen LogP) is 3.19. The summed E-state index contributed by atoms with van der Waals surface area (Å²) in [4.78, 5) is 4.06. The molecule has 3 heterocycles. The molecule has 2 bridgehead atoms. The first-order valence-corrected chi connectivity index (χ1v) is 8.01. The molecule has 0 aliphatic carbocycles. The Morgan fingerprint density at radius 2 is 2.00 bits per heavy atom. The van der Waals surface area contributed by atoms with Crippen molar-refractivity contribution in [2.24, 2.45) is 5.92 Å². The first-order valence-electron chi connectivity index (χ1n) is 7.13. The van der Waals surface area contributed by atoms with E-state index in [1.807, 2.05) is 11.3 Å². The van der Waals surface area contributed by atoms with E-state index in [0.29, 0.717) is 6.04 Å². The molecule has 3 unspecified atom stereocenters. The molecule has 1 N–H and O–H groups in total. The molecule has 18 heavy (non-hydrogen) atoms. The zero-order chi connectivity index (χ0) is 12.7. The van der Waals surface area contributed by atoms with Gasteiger partial charge in [-0.25, -0.2) is 0 Å². The summed E-state index contributed by atoms with van der Waals surface area (Å²) in [7, 11) is 4.44. The molecule has 2 nitrogen and oxygen atoms in total. The topological polar surface area (TPSA) is 15.3 Å². The highest BCUT2D eigenvalue weighted by Gasteiger charge is 2.41. The zero-order valence-electron chi connectivity index (χ0n) is 11.6. The summed E-state index contributed by atoms with van der Waals surface area (Å²) in [5.41, 5.74) is 1.51. The lowest BCUT2D eigenvalue weighted by Gasteiger charge is -2.39. The van der Waals surface area contributed by atoms with E-state index in [0.717, 1.165) is 18.0 Å². The van der Waals surface area contributed by atoms with Gasteiger partial charge in [-0.1, -0.05) is 0 Å². The second-order valence-electron chi connectivity index (χ2n) is 6.04. The average Bonchev–Trinajstić information content (AvgIpc) is 2.83. The zero-order valence-corrected chi connectivity index (χ0v) is 12.5. The number of nitrogens with zero attached hydrogens (tertiary/aromatic N) is 1. The third-order valence-corrected chi connectivity index (χ3v) is 5.91. The van der Waals surface area contributed by atoms with Crippen molar-refractivity contribution >= 4 is 11.3 Å². The van der Waals surface area contributed by atoms with Crippen molar-refractivity contribution in [1.29, 1.82) is 0 Å². The number of hydrogen-bond donors (Lipinski definition) is 1. The summed E-state index contributed by atoms with van der Waals surface area (Å²) in [6.07, 6.45) is 5.56. The van der Waals surface area contributed by atoms with E-state index < -0.39 is 0 Å². The van der Waals surface area contributed by atoms with Gasteiger partial charge in [-0.15, -0.1) is 11.3 Å². The Kier molecular flexibility index (Phi) is 3.48. The second-order valence-corrected chi connectivity index (χ2v) is 7.15. The molecule has 0 aromatic carbocycles. The summed E-state index contributed by atoms with van der Waals surface area (Å²) < 4.78 is 0. The quantitative estimate of drug-likeness (QED) is 0.902. The second kappa shape index (κ2) is 4.95. The normalized spacial score (nSPS) is 33.8. The molecular formula is C15H24N2S. The molecule has 0 amide bonds. The predicted molar refractivity (Wildman–Crippen MR) is 78.2 cm³/mol. The fourth-order valence-electron chi connectivity index (χ4n) is 4.03. The molecule has 3 atom stereocenters. The molecule has 3 heteroatoms. The molecule has 1 aromatic heterocycles. The number of thiophene rings is 1. The highest BCUT2D eigenvalue weighted by Crippen LogP contribution is 2.42. The molecule has 2 saturated heterocycles. The molecule has 0 radical (unpaired) electrons. The minimum atomic E-state index is 0.562. The standard InChI is InChI=1S/C15H24N2S/c1-10-6-12(9-18-10)15(16-2)11-7-13-4-5-14(8-11)17(13)3/h6,9,11,13-16H,4-5,7-8H2,1-3H3. The van der Waals surface area contributed by atoms with Gasteiger partial charge in [0.25, 0.3) is 0 Å². The molecule has 3 rings (SSSR count). The molecule has 2 aliphatic rings. The van der Waals surface area contributed by atoms with Crippen LogP contribution in [0.4, 0.5) is 0 Å². The van der Waals surface area contributed by atoms with E-state index in [-0.39, 0.29) is 0 Å². The van der Waals surface area contributed by atoms with E-state index in [1.54, 1.807) is 0 Å². The van der Waals surface area contributed by atoms with Gasteiger partial charge in [-0.05, 0) is 69.6 Å². The number of nitrogens with one attached hydrogen (secondary N) is 1. The molecule has 100 valence electrons. The van der Waals surface area contributed by atoms with Crippen LogP contribution in [0.15, 0.2) is 11.4 Å². The fraction of sp³-hybridized carbons (Fsp3) is 0.733. The van der Waals surface area contributed by atoms with Crippen LogP contribution in [-0.2, 0) is 0 Å². The molecule has 1 aromatic rings. The number of rotatable bonds is 3. The molecule has 0 saturated carbocycles. The number of aryl methyl sites for hydroxylation is 1. The van der Waals surface area contributed by atoms with Crippen molar-refractivity contribution in [2.75, 3.05) is 14.1 Å². The van der Waals surface area contributed by atoms with Crippen LogP contribution in [0, 0.1) is 12.8 Å². The fourth-order valence-corrected chi connectivity index (χ4v) is 4.77. The van der Waals surface area contributed by atoms with Crippen molar-refractivity contribution < 1.29 is 0 Å². The van der Waals surface area contributed by atoms with Gasteiger partial charge in [-0.2, -0.15) is 0 Å². The van der Waals surface area contributed by atoms with Crippen LogP contribution < -0.4 is 5.32 Å². The lowest BCUT2D eigenvalue weighted by atomic mass is 9.83. The lowest BCUT2D eigenvalue weighted by molar-refractivity contribution is 0.114. The molecule has 2 fully saturated rings. The Morgan fingerprint density at radius 3 is 2.50 bits per heavy atom. The average molecular weight is 264 g/mol. The Hall–Kier alpha value is -0.380. The first kappa shape index (κ1) is 12.6. The lowest BCUT2D eigenvalue weighted by Crippen LogP contribution is -2.43. The van der Waals surface area contributed by atoms with Crippen LogP contribution in [0.5, 0.6) is 0 Å². The third-order valence-electron chi connectivity index (χ3n) is 5.03. The molecular weight excluding hydrogens is 240 g/mol. The monoisotopic (exact) mass is 264 g/mol. The Bertz CT molecular complexity index is 400. The van der Waals surface area contributed by atoms with Crippen LogP contribution >= 0.6 is 11.3 Å². The van der Waals surface area contributed by atoms with E-state index in [2.05, 4.69) is 42.7 Å². The van der Waals surface area contributed by atoms with Crippen molar-refractivity contribution in [2.45, 2.75) is 50.7 Å². The van der Waals surface area contributed by atoms with Crippen LogP contribution in [0.2, 0.25) is 0 Å². The van der Waals surface area contributed by atoms with Crippen LogP contribution in [0.1, 0.15) is 42.2 Å². The number of piperidine rings is 1. The highest BCUT2D eigenvalue weighted by atomic mass is 32.1. The van der Waals surface area contributed by atoms with Crippen molar-refractivity contribution in [3.8, 4) is 0 Å². The number of fused-ring (bicyclic) bond motifs is 2. The summed E-state index contributed by atoms with van der Waals surface area (Å²) in [6, 6.07) is 4.60. The van der Waals surface area contributed by atoms with E-state index in [1.165, 1.54) is 36.1 Å². The van der Waals surface area contributed by atoms with Crippen molar-refractivity contribution in [3.05, 3.63) is 21.9 Å². The summed E-state index contributed by atoms with van der Waals surface area (Å²) in [5, 5.41) is 5.92. The van der Waals surface area contributed by atoms with Gasteiger partial charge < -0.3 is 10.2 Å². The van der Waals surface area contributed by atoms with Crippen molar-refractivity contribution in [1.82, 2.24) is 10.2 Å². The highest BCUT2D eigenvalue weighted by molar-refractivity contribution is 7.10. The maximum Gasteiger partial charge on any atom is 0.0355 e. The van der Waals surface area contributed by atoms with E-state index in [4.69, 9.17) is 0 Å². The Morgan fingerprint density at radius 1 is 1.33 bits per heavy atom. The molecule has 0 spiro atoms. The maximum absolute atomic E-state index is 3.57. The SMILES string of the molecule is CNC(c1csc(C)c1)C1CC2CCC(C1)N2C. The van der Waals surface area contributed by atoms with E-state index in [9.17, 15) is 0 Å². The number of hydrogen-bond acceptors (Lipinski definition) is 3. The van der Waals surface area contributed by atoms with Gasteiger partial charge in [0.1, 0.15) is 0 Å². The minimum absolute atomic E-state index is 0.562. The van der Waals surface area contributed by atoms with Crippen LogP contribution in [0.3, 0.4) is 0 Å². The van der Waals surface area contributed by atoms with Gasteiger partial charge in [0.15, 0.2) is 0 Å². The maximum atomic E-state index is 3.57. The Labute approximate surface area is 114 Å². The smallest absolute Gasteiger partial charge is 0.0355 e.